The van der Waals surface area contributed by atoms with Gasteiger partial charge in [-0.15, -0.1) is 13.2 Å². The summed E-state index contributed by atoms with van der Waals surface area (Å²) in [6.45, 7) is 0. The SMILES string of the molecule is N#Cc1c(Cl)cccc1NS(=O)(=O)c1ccccc1OC(F)(F)F. The monoisotopic (exact) mass is 376 g/mol. The van der Waals surface area contributed by atoms with Crippen LogP contribution in [0.3, 0.4) is 0 Å². The van der Waals surface area contributed by atoms with Crippen molar-refractivity contribution in [3.05, 3.63) is 53.1 Å². The van der Waals surface area contributed by atoms with Crippen LogP contribution < -0.4 is 9.46 Å². The normalized spacial score (nSPS) is 11.6. The van der Waals surface area contributed by atoms with Crippen molar-refractivity contribution < 1.29 is 26.3 Å². The van der Waals surface area contributed by atoms with Crippen LogP contribution in [-0.4, -0.2) is 14.8 Å². The van der Waals surface area contributed by atoms with Crippen LogP contribution in [-0.2, 0) is 10.0 Å². The predicted octanol–water partition coefficient (Wildman–Crippen LogP) is 3.91. The first-order chi connectivity index (χ1) is 11.1. The van der Waals surface area contributed by atoms with Gasteiger partial charge in [-0.25, -0.2) is 8.42 Å². The van der Waals surface area contributed by atoms with Gasteiger partial charge in [0.05, 0.1) is 16.3 Å². The lowest BCUT2D eigenvalue weighted by Gasteiger charge is -2.15. The van der Waals surface area contributed by atoms with Gasteiger partial charge in [0, 0.05) is 0 Å². The van der Waals surface area contributed by atoms with Gasteiger partial charge in [0.25, 0.3) is 10.0 Å². The van der Waals surface area contributed by atoms with Gasteiger partial charge in [-0.05, 0) is 24.3 Å². The van der Waals surface area contributed by atoms with Crippen molar-refractivity contribution in [3.63, 3.8) is 0 Å². The molecule has 0 aliphatic heterocycles. The van der Waals surface area contributed by atoms with Crippen LogP contribution in [0.2, 0.25) is 5.02 Å². The summed E-state index contributed by atoms with van der Waals surface area (Å²) in [6, 6.07) is 9.98. The van der Waals surface area contributed by atoms with Crippen LogP contribution in [0.4, 0.5) is 18.9 Å². The maximum atomic E-state index is 12.4. The first-order valence-corrected chi connectivity index (χ1v) is 8.06. The molecule has 0 saturated heterocycles. The Labute approximate surface area is 140 Å². The molecule has 1 N–H and O–H groups in total. The van der Waals surface area contributed by atoms with Crippen LogP contribution in [0.25, 0.3) is 0 Å². The molecule has 2 rings (SSSR count). The number of nitrogens with one attached hydrogen (secondary N) is 1. The van der Waals surface area contributed by atoms with E-state index < -0.39 is 27.0 Å². The number of rotatable bonds is 4. The van der Waals surface area contributed by atoms with E-state index in [-0.39, 0.29) is 16.3 Å². The molecule has 0 amide bonds. The standard InChI is InChI=1S/C14H8ClF3N2O3S/c15-10-4-3-5-11(9(10)8-19)20-24(21,22)13-7-2-1-6-12(13)23-14(16,17)18/h1-7,20H. The smallest absolute Gasteiger partial charge is 0.404 e. The topological polar surface area (TPSA) is 79.2 Å². The van der Waals surface area contributed by atoms with E-state index in [0.29, 0.717) is 0 Å². The maximum Gasteiger partial charge on any atom is 0.573 e. The largest absolute Gasteiger partial charge is 0.573 e. The molecule has 10 heteroatoms. The first kappa shape index (κ1) is 17.9. The molecule has 0 bridgehead atoms. The zero-order valence-electron chi connectivity index (χ0n) is 11.6. The van der Waals surface area contributed by atoms with Gasteiger partial charge in [-0.1, -0.05) is 29.8 Å². The molecule has 0 heterocycles. The summed E-state index contributed by atoms with van der Waals surface area (Å²) in [7, 11) is -4.45. The van der Waals surface area contributed by atoms with Crippen molar-refractivity contribution >= 4 is 27.3 Å². The number of ether oxygens (including phenoxy) is 1. The minimum Gasteiger partial charge on any atom is -0.404 e. The Morgan fingerprint density at radius 1 is 1.12 bits per heavy atom. The van der Waals surface area contributed by atoms with Crippen molar-refractivity contribution in [2.45, 2.75) is 11.3 Å². The summed E-state index contributed by atoms with van der Waals surface area (Å²) >= 11 is 5.79. The highest BCUT2D eigenvalue weighted by Crippen LogP contribution is 2.32. The van der Waals surface area contributed by atoms with E-state index in [0.717, 1.165) is 12.1 Å². The molecule has 2 aromatic rings. The van der Waals surface area contributed by atoms with Gasteiger partial charge in [-0.3, -0.25) is 4.72 Å². The second-order valence-electron chi connectivity index (χ2n) is 4.37. The average Bonchev–Trinajstić information content (AvgIpc) is 2.46. The molecular formula is C14H8ClF3N2O3S. The molecule has 24 heavy (non-hydrogen) atoms. The summed E-state index contributed by atoms with van der Waals surface area (Å²) in [5, 5.41) is 9.03. The molecular weight excluding hydrogens is 369 g/mol. The van der Waals surface area contributed by atoms with E-state index in [1.807, 2.05) is 4.72 Å². The first-order valence-electron chi connectivity index (χ1n) is 6.20. The lowest BCUT2D eigenvalue weighted by molar-refractivity contribution is -0.275. The molecule has 126 valence electrons. The summed E-state index contributed by atoms with van der Waals surface area (Å²) in [5.41, 5.74) is -0.316. The van der Waals surface area contributed by atoms with Crippen LogP contribution in [0.15, 0.2) is 47.4 Å². The Morgan fingerprint density at radius 3 is 2.42 bits per heavy atom. The second kappa shape index (κ2) is 6.59. The summed E-state index contributed by atoms with van der Waals surface area (Å²) < 4.78 is 67.7. The third-order valence-electron chi connectivity index (χ3n) is 2.73. The van der Waals surface area contributed by atoms with Crippen LogP contribution in [0, 0.1) is 11.3 Å². The Bertz CT molecular complexity index is 908. The molecule has 0 spiro atoms. The number of nitrogens with zero attached hydrogens (tertiary/aromatic N) is 1. The molecule has 5 nitrogen and oxygen atoms in total. The van der Waals surface area contributed by atoms with Crippen molar-refractivity contribution in [1.82, 2.24) is 0 Å². The van der Waals surface area contributed by atoms with Gasteiger partial charge in [0.1, 0.15) is 16.7 Å². The van der Waals surface area contributed by atoms with Gasteiger partial charge < -0.3 is 4.74 Å². The fourth-order valence-corrected chi connectivity index (χ4v) is 3.22. The Balaban J connectivity index is 2.47. The van der Waals surface area contributed by atoms with Gasteiger partial charge >= 0.3 is 6.36 Å². The van der Waals surface area contributed by atoms with E-state index in [1.54, 1.807) is 6.07 Å². The third kappa shape index (κ3) is 4.10. The van der Waals surface area contributed by atoms with Crippen LogP contribution in [0.5, 0.6) is 5.75 Å². The van der Waals surface area contributed by atoms with Crippen LogP contribution in [0.1, 0.15) is 5.56 Å². The Morgan fingerprint density at radius 2 is 1.79 bits per heavy atom. The highest BCUT2D eigenvalue weighted by Gasteiger charge is 2.34. The summed E-state index contributed by atoms with van der Waals surface area (Å²) in [5.74, 6) is -0.891. The van der Waals surface area contributed by atoms with Crippen molar-refractivity contribution in [2.24, 2.45) is 0 Å². The van der Waals surface area contributed by atoms with E-state index in [9.17, 15) is 21.6 Å². The lowest BCUT2D eigenvalue weighted by Crippen LogP contribution is -2.21. The third-order valence-corrected chi connectivity index (χ3v) is 4.45. The minimum atomic E-state index is -5.06. The molecule has 2 aromatic carbocycles. The van der Waals surface area contributed by atoms with E-state index in [2.05, 4.69) is 4.74 Å². The van der Waals surface area contributed by atoms with Crippen molar-refractivity contribution in [1.29, 1.82) is 5.26 Å². The zero-order valence-corrected chi connectivity index (χ0v) is 13.2. The lowest BCUT2D eigenvalue weighted by atomic mass is 10.2. The highest BCUT2D eigenvalue weighted by molar-refractivity contribution is 7.92. The number of hydrogen-bond acceptors (Lipinski definition) is 4. The highest BCUT2D eigenvalue weighted by atomic mass is 35.5. The second-order valence-corrected chi connectivity index (χ2v) is 6.43. The number of anilines is 1. The number of benzene rings is 2. The average molecular weight is 377 g/mol. The van der Waals surface area contributed by atoms with Crippen molar-refractivity contribution in [2.75, 3.05) is 4.72 Å². The number of alkyl halides is 3. The number of hydrogen-bond donors (Lipinski definition) is 1. The Kier molecular flexibility index (Phi) is 4.91. The van der Waals surface area contributed by atoms with Gasteiger partial charge in [0.15, 0.2) is 0 Å². The molecule has 0 unspecified atom stereocenters. The Hall–Kier alpha value is -2.44. The molecule has 0 saturated carbocycles. The predicted molar refractivity (Wildman–Crippen MR) is 80.1 cm³/mol. The van der Waals surface area contributed by atoms with E-state index in [4.69, 9.17) is 16.9 Å². The number of nitriles is 1. The van der Waals surface area contributed by atoms with E-state index >= 15 is 0 Å². The summed E-state index contributed by atoms with van der Waals surface area (Å²) in [6.07, 6.45) is -5.06. The molecule has 0 radical (unpaired) electrons. The fourth-order valence-electron chi connectivity index (χ4n) is 1.80. The van der Waals surface area contributed by atoms with Gasteiger partial charge in [-0.2, -0.15) is 5.26 Å². The molecule has 0 aliphatic carbocycles. The maximum absolute atomic E-state index is 12.4. The minimum absolute atomic E-state index is 0.00229. The molecule has 0 fully saturated rings. The quantitative estimate of drug-likeness (QED) is 0.877. The molecule has 0 aliphatic rings. The number of halogens is 4. The summed E-state index contributed by atoms with van der Waals surface area (Å²) in [4.78, 5) is -0.730. The van der Waals surface area contributed by atoms with Crippen molar-refractivity contribution in [3.8, 4) is 11.8 Å². The number of para-hydroxylation sites is 1. The fraction of sp³-hybridized carbons (Fsp3) is 0.0714. The van der Waals surface area contributed by atoms with Crippen LogP contribution >= 0.6 is 11.6 Å². The molecule has 0 aromatic heterocycles. The molecule has 0 atom stereocenters. The van der Waals surface area contributed by atoms with Gasteiger partial charge in [0.2, 0.25) is 0 Å². The zero-order chi connectivity index (χ0) is 18.0. The number of sulfonamides is 1. The van der Waals surface area contributed by atoms with E-state index in [1.165, 1.54) is 30.3 Å².